The SMILES string of the molecule is Cc1cccc(Cl)c1Nc1nc2cc(OCCN3CCOCC3)c(N(C)C)cc2n2cncc12. The van der Waals surface area contributed by atoms with Crippen LogP contribution in [0.25, 0.3) is 16.6 Å². The Morgan fingerprint density at radius 2 is 2.00 bits per heavy atom. The number of hydrogen-bond acceptors (Lipinski definition) is 7. The van der Waals surface area contributed by atoms with Gasteiger partial charge in [-0.3, -0.25) is 9.30 Å². The molecule has 5 rings (SSSR count). The van der Waals surface area contributed by atoms with Crippen molar-refractivity contribution in [2.45, 2.75) is 6.92 Å². The molecule has 9 heteroatoms. The second-order valence-corrected chi connectivity index (χ2v) is 9.08. The lowest BCUT2D eigenvalue weighted by molar-refractivity contribution is 0.0323. The van der Waals surface area contributed by atoms with Crippen molar-refractivity contribution in [3.63, 3.8) is 0 Å². The maximum Gasteiger partial charge on any atom is 0.157 e. The number of fused-ring (bicyclic) bond motifs is 3. The van der Waals surface area contributed by atoms with Crippen LogP contribution in [0.3, 0.4) is 0 Å². The van der Waals surface area contributed by atoms with Crippen molar-refractivity contribution in [1.82, 2.24) is 19.3 Å². The second kappa shape index (κ2) is 9.66. The van der Waals surface area contributed by atoms with Gasteiger partial charge in [-0.2, -0.15) is 0 Å². The smallest absolute Gasteiger partial charge is 0.157 e. The molecule has 4 aromatic rings. The molecule has 0 aliphatic carbocycles. The third kappa shape index (κ3) is 4.49. The Labute approximate surface area is 204 Å². The van der Waals surface area contributed by atoms with Crippen molar-refractivity contribution in [2.75, 3.05) is 63.8 Å². The van der Waals surface area contributed by atoms with Crippen molar-refractivity contribution < 1.29 is 9.47 Å². The third-order valence-corrected chi connectivity index (χ3v) is 6.46. The van der Waals surface area contributed by atoms with E-state index in [0.29, 0.717) is 17.4 Å². The molecule has 178 valence electrons. The van der Waals surface area contributed by atoms with Crippen LogP contribution in [0.2, 0.25) is 5.02 Å². The number of anilines is 3. The number of rotatable bonds is 7. The first-order valence-corrected chi connectivity index (χ1v) is 11.8. The van der Waals surface area contributed by atoms with Gasteiger partial charge < -0.3 is 19.7 Å². The molecule has 0 amide bonds. The summed E-state index contributed by atoms with van der Waals surface area (Å²) in [7, 11) is 4.04. The predicted octanol–water partition coefficient (Wildman–Crippen LogP) is 4.36. The van der Waals surface area contributed by atoms with Crippen molar-refractivity contribution in [1.29, 1.82) is 0 Å². The summed E-state index contributed by atoms with van der Waals surface area (Å²) in [4.78, 5) is 13.8. The largest absolute Gasteiger partial charge is 0.490 e. The number of aryl methyl sites for hydroxylation is 1. The van der Waals surface area contributed by atoms with Crippen molar-refractivity contribution >= 4 is 45.3 Å². The first kappa shape index (κ1) is 22.7. The zero-order valence-electron chi connectivity index (χ0n) is 19.7. The van der Waals surface area contributed by atoms with Crippen LogP contribution in [-0.4, -0.2) is 72.8 Å². The lowest BCUT2D eigenvalue weighted by Crippen LogP contribution is -2.38. The molecule has 34 heavy (non-hydrogen) atoms. The summed E-state index contributed by atoms with van der Waals surface area (Å²) in [6.45, 7) is 6.93. The summed E-state index contributed by atoms with van der Waals surface area (Å²) in [6.07, 6.45) is 3.62. The van der Waals surface area contributed by atoms with Crippen LogP contribution in [0.1, 0.15) is 5.56 Å². The molecule has 1 aliphatic heterocycles. The number of ether oxygens (including phenoxy) is 2. The summed E-state index contributed by atoms with van der Waals surface area (Å²) in [6, 6.07) is 9.94. The maximum atomic E-state index is 6.47. The van der Waals surface area contributed by atoms with E-state index in [2.05, 4.69) is 26.2 Å². The number of imidazole rings is 1. The highest BCUT2D eigenvalue weighted by molar-refractivity contribution is 6.33. The normalized spacial score (nSPS) is 14.6. The summed E-state index contributed by atoms with van der Waals surface area (Å²) in [5, 5.41) is 4.08. The van der Waals surface area contributed by atoms with Crippen molar-refractivity contribution in [2.24, 2.45) is 0 Å². The van der Waals surface area contributed by atoms with Gasteiger partial charge in [0.2, 0.25) is 0 Å². The molecule has 1 fully saturated rings. The van der Waals surface area contributed by atoms with Gasteiger partial charge >= 0.3 is 0 Å². The monoisotopic (exact) mass is 480 g/mol. The molecule has 2 aromatic carbocycles. The minimum Gasteiger partial charge on any atom is -0.490 e. The molecular formula is C25H29ClN6O2. The van der Waals surface area contributed by atoms with E-state index >= 15 is 0 Å². The van der Waals surface area contributed by atoms with E-state index in [0.717, 1.165) is 72.1 Å². The van der Waals surface area contributed by atoms with Gasteiger partial charge in [-0.25, -0.2) is 9.97 Å². The van der Waals surface area contributed by atoms with Gasteiger partial charge in [-0.1, -0.05) is 23.7 Å². The fourth-order valence-electron chi connectivity index (χ4n) is 4.24. The number of morpholine rings is 1. The van der Waals surface area contributed by atoms with Crippen LogP contribution in [0.4, 0.5) is 17.2 Å². The number of halogens is 1. The van der Waals surface area contributed by atoms with Gasteiger partial charge in [0.05, 0.1) is 53.2 Å². The Kier molecular flexibility index (Phi) is 6.45. The van der Waals surface area contributed by atoms with Crippen molar-refractivity contribution in [3.8, 4) is 5.75 Å². The van der Waals surface area contributed by atoms with Crippen LogP contribution < -0.4 is 15.0 Å². The molecule has 2 aromatic heterocycles. The first-order chi connectivity index (χ1) is 16.5. The number of hydrogen-bond donors (Lipinski definition) is 1. The third-order valence-electron chi connectivity index (χ3n) is 6.14. The molecular weight excluding hydrogens is 452 g/mol. The minimum absolute atomic E-state index is 0.601. The number of benzene rings is 2. The zero-order chi connectivity index (χ0) is 23.7. The molecule has 3 heterocycles. The lowest BCUT2D eigenvalue weighted by Gasteiger charge is -2.27. The number of nitrogens with one attached hydrogen (secondary N) is 1. The van der Waals surface area contributed by atoms with E-state index in [1.165, 1.54) is 0 Å². The Morgan fingerprint density at radius 3 is 2.76 bits per heavy atom. The van der Waals surface area contributed by atoms with Crippen LogP contribution >= 0.6 is 11.6 Å². The van der Waals surface area contributed by atoms with E-state index in [1.807, 2.05) is 62.2 Å². The highest BCUT2D eigenvalue weighted by atomic mass is 35.5. The van der Waals surface area contributed by atoms with Crippen molar-refractivity contribution in [3.05, 3.63) is 53.4 Å². The van der Waals surface area contributed by atoms with Gasteiger partial charge in [0, 0.05) is 39.8 Å². The highest BCUT2D eigenvalue weighted by Crippen LogP contribution is 2.35. The zero-order valence-corrected chi connectivity index (χ0v) is 20.5. The molecule has 0 saturated carbocycles. The molecule has 0 spiro atoms. The number of aromatic nitrogens is 3. The van der Waals surface area contributed by atoms with E-state index in [1.54, 1.807) is 0 Å². The molecule has 0 unspecified atom stereocenters. The molecule has 1 saturated heterocycles. The van der Waals surface area contributed by atoms with Crippen LogP contribution in [-0.2, 0) is 4.74 Å². The molecule has 0 radical (unpaired) electrons. The lowest BCUT2D eigenvalue weighted by atomic mass is 10.2. The standard InChI is InChI=1S/C25H29ClN6O2/c1-17-5-4-6-18(26)24(17)29-25-22-15-27-16-32(22)20-14-21(30(2)3)23(13-19(20)28-25)34-12-9-31-7-10-33-11-8-31/h4-6,13-16H,7-12H2,1-3H3,(H,28,29). The van der Waals surface area contributed by atoms with Gasteiger partial charge in [-0.05, 0) is 24.6 Å². The number of nitrogens with zero attached hydrogens (tertiary/aromatic N) is 5. The van der Waals surface area contributed by atoms with E-state index < -0.39 is 0 Å². The quantitative estimate of drug-likeness (QED) is 0.421. The Bertz CT molecular complexity index is 1300. The molecule has 8 nitrogen and oxygen atoms in total. The van der Waals surface area contributed by atoms with Gasteiger partial charge in [0.25, 0.3) is 0 Å². The maximum absolute atomic E-state index is 6.47. The summed E-state index contributed by atoms with van der Waals surface area (Å²) in [5.41, 5.74) is 5.52. The molecule has 0 atom stereocenters. The van der Waals surface area contributed by atoms with E-state index in [4.69, 9.17) is 26.1 Å². The minimum atomic E-state index is 0.601. The highest BCUT2D eigenvalue weighted by Gasteiger charge is 2.17. The van der Waals surface area contributed by atoms with E-state index in [-0.39, 0.29) is 0 Å². The van der Waals surface area contributed by atoms with Gasteiger partial charge in [-0.15, -0.1) is 0 Å². The average Bonchev–Trinajstić information content (AvgIpc) is 3.32. The Morgan fingerprint density at radius 1 is 1.18 bits per heavy atom. The summed E-state index contributed by atoms with van der Waals surface area (Å²) < 4.78 is 13.8. The summed E-state index contributed by atoms with van der Waals surface area (Å²) >= 11 is 6.47. The topological polar surface area (TPSA) is 67.2 Å². The van der Waals surface area contributed by atoms with Crippen LogP contribution in [0.15, 0.2) is 42.9 Å². The Balaban J connectivity index is 1.52. The molecule has 0 bridgehead atoms. The molecule has 1 N–H and O–H groups in total. The number of para-hydroxylation sites is 1. The average molecular weight is 481 g/mol. The Hall–Kier alpha value is -3.07. The van der Waals surface area contributed by atoms with Crippen LogP contribution in [0, 0.1) is 6.92 Å². The molecule has 1 aliphatic rings. The summed E-state index contributed by atoms with van der Waals surface area (Å²) in [5.74, 6) is 1.50. The van der Waals surface area contributed by atoms with Gasteiger partial charge in [0.15, 0.2) is 5.82 Å². The first-order valence-electron chi connectivity index (χ1n) is 11.4. The predicted molar refractivity (Wildman–Crippen MR) is 137 cm³/mol. The van der Waals surface area contributed by atoms with Gasteiger partial charge in [0.1, 0.15) is 17.9 Å². The fraction of sp³-hybridized carbons (Fsp3) is 0.360. The van der Waals surface area contributed by atoms with Crippen LogP contribution in [0.5, 0.6) is 5.75 Å². The fourth-order valence-corrected chi connectivity index (χ4v) is 4.51. The van der Waals surface area contributed by atoms with E-state index in [9.17, 15) is 0 Å². The second-order valence-electron chi connectivity index (χ2n) is 8.67.